The van der Waals surface area contributed by atoms with Gasteiger partial charge in [-0.15, -0.1) is 10.2 Å². The van der Waals surface area contributed by atoms with Gasteiger partial charge in [-0.25, -0.2) is 4.79 Å². The zero-order valence-corrected chi connectivity index (χ0v) is 18.3. The number of aromatic nitrogens is 4. The molecule has 0 bridgehead atoms. The molecule has 0 saturated heterocycles. The van der Waals surface area contributed by atoms with E-state index in [9.17, 15) is 9.59 Å². The van der Waals surface area contributed by atoms with Crippen LogP contribution < -0.4 is 5.69 Å². The number of amides is 1. The van der Waals surface area contributed by atoms with Crippen LogP contribution in [-0.2, 0) is 24.9 Å². The summed E-state index contributed by atoms with van der Waals surface area (Å²) in [5, 5.41) is 8.86. The van der Waals surface area contributed by atoms with Gasteiger partial charge in [-0.05, 0) is 49.2 Å². The van der Waals surface area contributed by atoms with Crippen molar-refractivity contribution in [2.45, 2.75) is 38.4 Å². The number of imidazole rings is 1. The SMILES string of the molecule is Cn1c(=O)n(CCC(=O)N(Cc2nnc(-c3ccc(Cl)cc3)o2)C2CC2)c2ccccc21. The Hall–Kier alpha value is -3.39. The number of hydrogen-bond donors (Lipinski definition) is 0. The zero-order chi connectivity index (χ0) is 22.2. The summed E-state index contributed by atoms with van der Waals surface area (Å²) in [6.45, 7) is 0.580. The van der Waals surface area contributed by atoms with Gasteiger partial charge in [0.15, 0.2) is 0 Å². The second kappa shape index (κ2) is 8.27. The predicted molar refractivity (Wildman–Crippen MR) is 120 cm³/mol. The molecule has 1 fully saturated rings. The normalized spacial score (nSPS) is 13.6. The van der Waals surface area contributed by atoms with Crippen molar-refractivity contribution in [1.29, 1.82) is 0 Å². The molecule has 5 rings (SSSR count). The quantitative estimate of drug-likeness (QED) is 0.428. The number of halogens is 1. The van der Waals surface area contributed by atoms with Crippen molar-refractivity contribution in [1.82, 2.24) is 24.2 Å². The van der Waals surface area contributed by atoms with E-state index in [-0.39, 0.29) is 30.6 Å². The lowest BCUT2D eigenvalue weighted by Gasteiger charge is -2.20. The van der Waals surface area contributed by atoms with Crippen molar-refractivity contribution in [2.24, 2.45) is 7.05 Å². The minimum absolute atomic E-state index is 0.0291. The molecule has 8 nitrogen and oxygen atoms in total. The summed E-state index contributed by atoms with van der Waals surface area (Å²) in [6, 6.07) is 14.9. The second-order valence-electron chi connectivity index (χ2n) is 7.99. The Balaban J connectivity index is 1.30. The van der Waals surface area contributed by atoms with Crippen molar-refractivity contribution >= 4 is 28.5 Å². The molecule has 2 heterocycles. The van der Waals surface area contributed by atoms with Gasteiger partial charge in [0.05, 0.1) is 17.6 Å². The molecule has 0 aliphatic heterocycles. The number of fused-ring (bicyclic) bond motifs is 1. The van der Waals surface area contributed by atoms with Crippen molar-refractivity contribution in [3.05, 3.63) is 69.9 Å². The molecule has 2 aromatic heterocycles. The average molecular weight is 452 g/mol. The van der Waals surface area contributed by atoms with Gasteiger partial charge in [0, 0.05) is 36.6 Å². The molecule has 1 amide bonds. The molecule has 32 heavy (non-hydrogen) atoms. The van der Waals surface area contributed by atoms with E-state index in [1.807, 2.05) is 36.4 Å². The summed E-state index contributed by atoms with van der Waals surface area (Å²) in [5.74, 6) is 0.748. The number of carbonyl (C=O) groups is 1. The number of rotatable bonds is 7. The molecule has 0 N–H and O–H groups in total. The Morgan fingerprint density at radius 3 is 2.56 bits per heavy atom. The van der Waals surface area contributed by atoms with Crippen LogP contribution in [0.25, 0.3) is 22.5 Å². The Morgan fingerprint density at radius 2 is 1.84 bits per heavy atom. The topological polar surface area (TPSA) is 86.2 Å². The zero-order valence-electron chi connectivity index (χ0n) is 17.6. The van der Waals surface area contributed by atoms with Gasteiger partial charge in [-0.1, -0.05) is 23.7 Å². The van der Waals surface area contributed by atoms with E-state index in [0.29, 0.717) is 23.3 Å². The van der Waals surface area contributed by atoms with Crippen LogP contribution in [0.2, 0.25) is 5.02 Å². The van der Waals surface area contributed by atoms with E-state index < -0.39 is 0 Å². The highest BCUT2D eigenvalue weighted by Crippen LogP contribution is 2.29. The first-order chi connectivity index (χ1) is 15.5. The molecule has 0 radical (unpaired) electrons. The van der Waals surface area contributed by atoms with Crippen LogP contribution in [0.15, 0.2) is 57.7 Å². The molecule has 164 valence electrons. The minimum Gasteiger partial charge on any atom is -0.419 e. The third-order valence-electron chi connectivity index (χ3n) is 5.77. The molecule has 0 atom stereocenters. The number of para-hydroxylation sites is 2. The molecule has 0 spiro atoms. The van der Waals surface area contributed by atoms with Crippen LogP contribution in [0.5, 0.6) is 0 Å². The standard InChI is InChI=1S/C23H22ClN5O3/c1-27-18-4-2-3-5-19(18)28(23(27)31)13-12-21(30)29(17-10-11-17)14-20-25-26-22(32-20)15-6-8-16(24)9-7-15/h2-9,17H,10-14H2,1H3. The van der Waals surface area contributed by atoms with E-state index in [1.54, 1.807) is 33.2 Å². The summed E-state index contributed by atoms with van der Waals surface area (Å²) in [4.78, 5) is 27.5. The number of carbonyl (C=O) groups excluding carboxylic acids is 1. The Bertz CT molecular complexity index is 1330. The molecule has 2 aromatic carbocycles. The molecule has 1 saturated carbocycles. The maximum atomic E-state index is 13.1. The van der Waals surface area contributed by atoms with Crippen molar-refractivity contribution in [2.75, 3.05) is 0 Å². The Kier molecular flexibility index (Phi) is 5.30. The number of hydrogen-bond acceptors (Lipinski definition) is 5. The lowest BCUT2D eigenvalue weighted by Crippen LogP contribution is -2.34. The Labute approximate surface area is 189 Å². The molecular weight excluding hydrogens is 430 g/mol. The van der Waals surface area contributed by atoms with Gasteiger partial charge >= 0.3 is 5.69 Å². The molecular formula is C23H22ClN5O3. The van der Waals surface area contributed by atoms with Gasteiger partial charge < -0.3 is 9.32 Å². The van der Waals surface area contributed by atoms with Gasteiger partial charge in [-0.3, -0.25) is 13.9 Å². The maximum absolute atomic E-state index is 13.1. The van der Waals surface area contributed by atoms with E-state index in [0.717, 1.165) is 29.4 Å². The van der Waals surface area contributed by atoms with Gasteiger partial charge in [-0.2, -0.15) is 0 Å². The van der Waals surface area contributed by atoms with Crippen LogP contribution in [0.1, 0.15) is 25.2 Å². The fraction of sp³-hybridized carbons (Fsp3) is 0.304. The fourth-order valence-corrected chi connectivity index (χ4v) is 4.04. The number of nitrogens with zero attached hydrogens (tertiary/aromatic N) is 5. The minimum atomic E-state index is -0.124. The highest BCUT2D eigenvalue weighted by Gasteiger charge is 2.33. The second-order valence-corrected chi connectivity index (χ2v) is 8.43. The lowest BCUT2D eigenvalue weighted by atomic mass is 10.2. The van der Waals surface area contributed by atoms with Crippen LogP contribution in [-0.4, -0.2) is 36.2 Å². The highest BCUT2D eigenvalue weighted by atomic mass is 35.5. The average Bonchev–Trinajstić information content (AvgIpc) is 3.49. The molecule has 1 aliphatic rings. The Morgan fingerprint density at radius 1 is 1.12 bits per heavy atom. The molecule has 0 unspecified atom stereocenters. The monoisotopic (exact) mass is 451 g/mol. The van der Waals surface area contributed by atoms with Gasteiger partial charge in [0.1, 0.15) is 0 Å². The fourth-order valence-electron chi connectivity index (χ4n) is 3.91. The maximum Gasteiger partial charge on any atom is 0.328 e. The predicted octanol–water partition coefficient (Wildman–Crippen LogP) is 3.62. The summed E-state index contributed by atoms with van der Waals surface area (Å²) >= 11 is 5.93. The van der Waals surface area contributed by atoms with Gasteiger partial charge in [0.2, 0.25) is 17.7 Å². The van der Waals surface area contributed by atoms with Crippen molar-refractivity contribution in [3.63, 3.8) is 0 Å². The summed E-state index contributed by atoms with van der Waals surface area (Å²) < 4.78 is 9.06. The van der Waals surface area contributed by atoms with Crippen LogP contribution in [0.4, 0.5) is 0 Å². The number of aryl methyl sites for hydroxylation is 2. The third-order valence-corrected chi connectivity index (χ3v) is 6.02. The summed E-state index contributed by atoms with van der Waals surface area (Å²) in [5.41, 5.74) is 2.33. The van der Waals surface area contributed by atoms with Crippen LogP contribution in [0, 0.1) is 0 Å². The van der Waals surface area contributed by atoms with E-state index in [4.69, 9.17) is 16.0 Å². The largest absolute Gasteiger partial charge is 0.419 e. The summed E-state index contributed by atoms with van der Waals surface area (Å²) in [6.07, 6.45) is 2.14. The van der Waals surface area contributed by atoms with E-state index in [1.165, 1.54) is 0 Å². The van der Waals surface area contributed by atoms with Crippen molar-refractivity contribution < 1.29 is 9.21 Å². The van der Waals surface area contributed by atoms with Gasteiger partial charge in [0.25, 0.3) is 0 Å². The third kappa shape index (κ3) is 3.93. The first-order valence-corrected chi connectivity index (χ1v) is 10.9. The lowest BCUT2D eigenvalue weighted by molar-refractivity contribution is -0.133. The smallest absolute Gasteiger partial charge is 0.328 e. The van der Waals surface area contributed by atoms with Crippen LogP contribution >= 0.6 is 11.6 Å². The highest BCUT2D eigenvalue weighted by molar-refractivity contribution is 6.30. The first-order valence-electron chi connectivity index (χ1n) is 10.5. The van der Waals surface area contributed by atoms with Crippen molar-refractivity contribution in [3.8, 4) is 11.5 Å². The molecule has 1 aliphatic carbocycles. The van der Waals surface area contributed by atoms with E-state index in [2.05, 4.69) is 10.2 Å². The van der Waals surface area contributed by atoms with E-state index >= 15 is 0 Å². The van der Waals surface area contributed by atoms with Crippen LogP contribution in [0.3, 0.4) is 0 Å². The first kappa shape index (κ1) is 20.5. The molecule has 9 heteroatoms. The molecule has 4 aromatic rings. The number of benzene rings is 2. The summed E-state index contributed by atoms with van der Waals surface area (Å²) in [7, 11) is 1.74.